The zero-order valence-electron chi connectivity index (χ0n) is 7.05. The third kappa shape index (κ3) is 9.49. The summed E-state index contributed by atoms with van der Waals surface area (Å²) in [5.74, 6) is -0.911. The van der Waals surface area contributed by atoms with Gasteiger partial charge in [0.25, 0.3) is 0 Å². The van der Waals surface area contributed by atoms with Gasteiger partial charge in [0.05, 0.1) is 0 Å². The van der Waals surface area contributed by atoms with E-state index in [9.17, 15) is 9.36 Å². The second-order valence-electron chi connectivity index (χ2n) is 2.49. The lowest BCUT2D eigenvalue weighted by Gasteiger charge is -2.04. The molecule has 78 valence electrons. The molecule has 0 bridgehead atoms. The second-order valence-corrected chi connectivity index (χ2v) is 3.65. The molecule has 13 heavy (non-hydrogen) atoms. The van der Waals surface area contributed by atoms with Crippen LogP contribution in [0.5, 0.6) is 0 Å². The number of phosphoric acid groups is 1. The molecule has 0 aromatic heterocycles. The Labute approximate surface area is 75.8 Å². The van der Waals surface area contributed by atoms with Crippen LogP contribution in [0.1, 0.15) is 25.7 Å². The maximum absolute atomic E-state index is 10.6. The lowest BCUT2D eigenvalue weighted by molar-refractivity contribution is -0.135. The highest BCUT2D eigenvalue weighted by Gasteiger charge is 2.19. The van der Waals surface area contributed by atoms with E-state index in [1.54, 1.807) is 0 Å². The van der Waals surface area contributed by atoms with Gasteiger partial charge in [0.2, 0.25) is 0 Å². The standard InChI is InChI=1S/C6H13O6P/c7-5-3-1-2-4-6(8)12-13(9,10)11/h7H,1-5H2,(H2,9,10,11). The normalized spacial score (nSPS) is 11.3. The fraction of sp³-hybridized carbons (Fsp3) is 0.833. The number of unbranched alkanes of at least 4 members (excludes halogenated alkanes) is 2. The maximum Gasteiger partial charge on any atom is 0.526 e. The monoisotopic (exact) mass is 212 g/mol. The van der Waals surface area contributed by atoms with Crippen molar-refractivity contribution in [3.05, 3.63) is 0 Å². The van der Waals surface area contributed by atoms with Crippen LogP contribution in [0.25, 0.3) is 0 Å². The molecule has 0 amide bonds. The van der Waals surface area contributed by atoms with E-state index < -0.39 is 13.8 Å². The van der Waals surface area contributed by atoms with Crippen molar-refractivity contribution in [1.82, 2.24) is 0 Å². The lowest BCUT2D eigenvalue weighted by atomic mass is 10.2. The molecular weight excluding hydrogens is 199 g/mol. The maximum atomic E-state index is 10.6. The van der Waals surface area contributed by atoms with Crippen LogP contribution in [-0.2, 0) is 13.9 Å². The largest absolute Gasteiger partial charge is 0.526 e. The Kier molecular flexibility index (Phi) is 5.90. The predicted octanol–water partition coefficient (Wildman–Crippen LogP) is 0.175. The summed E-state index contributed by atoms with van der Waals surface area (Å²) in [6.07, 6.45) is 1.63. The van der Waals surface area contributed by atoms with Gasteiger partial charge in [-0.15, -0.1) is 0 Å². The van der Waals surface area contributed by atoms with Crippen molar-refractivity contribution in [3.63, 3.8) is 0 Å². The molecule has 0 aliphatic carbocycles. The molecule has 7 heteroatoms. The van der Waals surface area contributed by atoms with E-state index in [-0.39, 0.29) is 13.0 Å². The molecule has 3 N–H and O–H groups in total. The summed E-state index contributed by atoms with van der Waals surface area (Å²) in [6.45, 7) is 0.0491. The first kappa shape index (κ1) is 12.6. The van der Waals surface area contributed by atoms with Crippen molar-refractivity contribution >= 4 is 13.8 Å². The molecule has 0 rings (SSSR count). The molecule has 0 saturated carbocycles. The number of carbonyl (C=O) groups is 1. The first-order valence-corrected chi connectivity index (χ1v) is 5.37. The van der Waals surface area contributed by atoms with Crippen LogP contribution in [0.15, 0.2) is 0 Å². The molecule has 0 unspecified atom stereocenters. The number of aliphatic hydroxyl groups is 1. The van der Waals surface area contributed by atoms with Gasteiger partial charge < -0.3 is 9.63 Å². The number of hydrogen-bond donors (Lipinski definition) is 3. The number of aliphatic hydroxyl groups excluding tert-OH is 1. The average molecular weight is 212 g/mol. The molecule has 0 fully saturated rings. The van der Waals surface area contributed by atoms with Gasteiger partial charge >= 0.3 is 13.8 Å². The summed E-state index contributed by atoms with van der Waals surface area (Å²) in [7, 11) is -4.68. The molecule has 0 aromatic rings. The van der Waals surface area contributed by atoms with Crippen molar-refractivity contribution in [3.8, 4) is 0 Å². The van der Waals surface area contributed by atoms with Crippen LogP contribution in [0.3, 0.4) is 0 Å². The summed E-state index contributed by atoms with van der Waals surface area (Å²) in [4.78, 5) is 27.1. The summed E-state index contributed by atoms with van der Waals surface area (Å²) >= 11 is 0. The van der Waals surface area contributed by atoms with Crippen molar-refractivity contribution in [2.24, 2.45) is 0 Å². The molecule has 0 aromatic carbocycles. The van der Waals surface area contributed by atoms with E-state index >= 15 is 0 Å². The zero-order chi connectivity index (χ0) is 10.3. The minimum absolute atomic E-state index is 0.0366. The fourth-order valence-corrected chi connectivity index (χ4v) is 1.09. The van der Waals surface area contributed by atoms with Crippen LogP contribution >= 0.6 is 7.82 Å². The van der Waals surface area contributed by atoms with Crippen LogP contribution in [0.4, 0.5) is 0 Å². The van der Waals surface area contributed by atoms with Crippen molar-refractivity contribution in [2.75, 3.05) is 6.61 Å². The predicted molar refractivity (Wildman–Crippen MR) is 43.7 cm³/mol. The van der Waals surface area contributed by atoms with E-state index in [0.29, 0.717) is 19.3 Å². The fourth-order valence-electron chi connectivity index (χ4n) is 0.736. The third-order valence-corrected chi connectivity index (χ3v) is 1.70. The van der Waals surface area contributed by atoms with Crippen LogP contribution in [0, 0.1) is 0 Å². The molecule has 0 atom stereocenters. The van der Waals surface area contributed by atoms with Gasteiger partial charge in [-0.05, 0) is 12.8 Å². The molecule has 0 radical (unpaired) electrons. The average Bonchev–Trinajstić information content (AvgIpc) is 1.94. The molecule has 0 spiro atoms. The Morgan fingerprint density at radius 3 is 2.31 bits per heavy atom. The van der Waals surface area contributed by atoms with E-state index in [0.717, 1.165) is 0 Å². The molecule has 6 nitrogen and oxygen atoms in total. The Morgan fingerprint density at radius 2 is 1.85 bits per heavy atom. The summed E-state index contributed by atoms with van der Waals surface area (Å²) < 4.78 is 13.9. The lowest BCUT2D eigenvalue weighted by Crippen LogP contribution is -2.02. The Balaban J connectivity index is 3.47. The minimum atomic E-state index is -4.68. The van der Waals surface area contributed by atoms with Crippen LogP contribution in [0.2, 0.25) is 0 Å². The Bertz CT molecular complexity index is 197. The minimum Gasteiger partial charge on any atom is -0.396 e. The zero-order valence-corrected chi connectivity index (χ0v) is 7.94. The van der Waals surface area contributed by atoms with E-state index in [2.05, 4.69) is 4.52 Å². The Morgan fingerprint density at radius 1 is 1.23 bits per heavy atom. The van der Waals surface area contributed by atoms with Crippen molar-refractivity contribution in [1.29, 1.82) is 0 Å². The van der Waals surface area contributed by atoms with Gasteiger partial charge in [0.15, 0.2) is 0 Å². The summed E-state index contributed by atoms with van der Waals surface area (Å²) in [5.41, 5.74) is 0. The first-order valence-electron chi connectivity index (χ1n) is 3.84. The topological polar surface area (TPSA) is 104 Å². The number of rotatable bonds is 6. The van der Waals surface area contributed by atoms with Crippen LogP contribution < -0.4 is 0 Å². The van der Waals surface area contributed by atoms with Gasteiger partial charge in [0, 0.05) is 13.0 Å². The molecule has 0 saturated heterocycles. The second kappa shape index (κ2) is 6.10. The number of carbonyl (C=O) groups excluding carboxylic acids is 1. The molecular formula is C6H13O6P. The quantitative estimate of drug-likeness (QED) is 0.428. The highest BCUT2D eigenvalue weighted by atomic mass is 31.2. The third-order valence-electron chi connectivity index (χ3n) is 1.26. The van der Waals surface area contributed by atoms with Gasteiger partial charge in [-0.1, -0.05) is 6.42 Å². The number of hydrogen-bond acceptors (Lipinski definition) is 4. The van der Waals surface area contributed by atoms with Crippen molar-refractivity contribution < 1.29 is 28.8 Å². The van der Waals surface area contributed by atoms with Gasteiger partial charge in [-0.3, -0.25) is 14.6 Å². The molecule has 0 aliphatic heterocycles. The first-order chi connectivity index (χ1) is 5.95. The molecule has 0 heterocycles. The SMILES string of the molecule is O=C(CCCCCO)OP(=O)(O)O. The van der Waals surface area contributed by atoms with E-state index in [1.165, 1.54) is 0 Å². The van der Waals surface area contributed by atoms with Gasteiger partial charge in [-0.2, -0.15) is 0 Å². The Hall–Kier alpha value is -0.420. The van der Waals surface area contributed by atoms with Gasteiger partial charge in [0.1, 0.15) is 0 Å². The van der Waals surface area contributed by atoms with Gasteiger partial charge in [-0.25, -0.2) is 4.57 Å². The van der Waals surface area contributed by atoms with Crippen molar-refractivity contribution in [2.45, 2.75) is 25.7 Å². The highest BCUT2D eigenvalue weighted by Crippen LogP contribution is 2.36. The number of phosphoric ester groups is 1. The van der Waals surface area contributed by atoms with E-state index in [1.807, 2.05) is 0 Å². The summed E-state index contributed by atoms with van der Waals surface area (Å²) in [5, 5.41) is 8.38. The van der Waals surface area contributed by atoms with E-state index in [4.69, 9.17) is 14.9 Å². The highest BCUT2D eigenvalue weighted by molar-refractivity contribution is 7.46. The molecule has 0 aliphatic rings. The smallest absolute Gasteiger partial charge is 0.396 e. The summed E-state index contributed by atoms with van der Waals surface area (Å²) in [6, 6.07) is 0. The van der Waals surface area contributed by atoms with Crippen LogP contribution in [-0.4, -0.2) is 27.5 Å².